The molecule has 0 atom stereocenters. The number of carbonyl (C=O) groups is 1. The smallest absolute Gasteiger partial charge is 0.225 e. The summed E-state index contributed by atoms with van der Waals surface area (Å²) in [6.45, 7) is 3.70. The summed E-state index contributed by atoms with van der Waals surface area (Å²) < 4.78 is 5.78. The summed E-state index contributed by atoms with van der Waals surface area (Å²) in [5.41, 5.74) is 1.55. The Morgan fingerprint density at radius 3 is 2.63 bits per heavy atom. The predicted molar refractivity (Wildman–Crippen MR) is 106 cm³/mol. The molecule has 7 heteroatoms. The van der Waals surface area contributed by atoms with Gasteiger partial charge in [0.05, 0.1) is 6.61 Å². The second kappa shape index (κ2) is 10.6. The second-order valence-electron chi connectivity index (χ2n) is 6.49. The number of Topliss-reactive ketones (excluding diaryl/α,β-unsaturated/α-hetero) is 1. The van der Waals surface area contributed by atoms with Crippen molar-refractivity contribution in [2.45, 2.75) is 19.4 Å². The van der Waals surface area contributed by atoms with Gasteiger partial charge < -0.3 is 9.94 Å². The van der Waals surface area contributed by atoms with Crippen molar-refractivity contribution in [3.8, 4) is 5.88 Å². The number of hydrogen-bond acceptors (Lipinski definition) is 6. The predicted octanol–water partition coefficient (Wildman–Crippen LogP) is 3.44. The number of hydrogen-bond donors (Lipinski definition) is 1. The maximum Gasteiger partial charge on any atom is 0.225 e. The summed E-state index contributed by atoms with van der Waals surface area (Å²) in [5.74, 6) is 0.461. The Morgan fingerprint density at radius 2 is 1.93 bits per heavy atom. The van der Waals surface area contributed by atoms with E-state index < -0.39 is 5.78 Å². The van der Waals surface area contributed by atoms with Crippen LogP contribution < -0.4 is 4.74 Å². The number of rotatable bonds is 7. The van der Waals surface area contributed by atoms with Crippen molar-refractivity contribution < 1.29 is 14.7 Å². The molecule has 1 aliphatic heterocycles. The van der Waals surface area contributed by atoms with Crippen LogP contribution in [0.4, 0.5) is 0 Å². The first-order valence-corrected chi connectivity index (χ1v) is 8.82. The molecule has 6 nitrogen and oxygen atoms in total. The number of oxime groups is 1. The number of benzene rings is 1. The number of piperidine rings is 1. The van der Waals surface area contributed by atoms with Gasteiger partial charge in [-0.05, 0) is 43.5 Å². The first-order chi connectivity index (χ1) is 12.7. The number of carbonyl (C=O) groups excluding carboxylic acids is 1. The molecule has 2 heterocycles. The van der Waals surface area contributed by atoms with Gasteiger partial charge in [0.2, 0.25) is 11.7 Å². The molecule has 0 amide bonds. The zero-order chi connectivity index (χ0) is 18.2. The minimum atomic E-state index is -0.452. The maximum atomic E-state index is 11.7. The zero-order valence-corrected chi connectivity index (χ0v) is 15.8. The average molecular weight is 390 g/mol. The van der Waals surface area contributed by atoms with Gasteiger partial charge in [-0.15, -0.1) is 12.4 Å². The molecule has 1 fully saturated rings. The summed E-state index contributed by atoms with van der Waals surface area (Å²) in [6, 6.07) is 15.5. The Morgan fingerprint density at radius 1 is 1.19 bits per heavy atom. The molecular formula is C20H24ClN3O3. The lowest BCUT2D eigenvalue weighted by Crippen LogP contribution is -2.35. The van der Waals surface area contributed by atoms with E-state index in [0.717, 1.165) is 38.7 Å². The van der Waals surface area contributed by atoms with Gasteiger partial charge in [-0.1, -0.05) is 41.6 Å². The minimum absolute atomic E-state index is 0. The van der Waals surface area contributed by atoms with E-state index in [9.17, 15) is 4.79 Å². The first-order valence-electron chi connectivity index (χ1n) is 8.82. The van der Waals surface area contributed by atoms with Gasteiger partial charge in [-0.2, -0.15) is 0 Å². The van der Waals surface area contributed by atoms with Crippen LogP contribution in [0, 0.1) is 5.92 Å². The SMILES string of the molecule is Cl.O=C(/C=N/O)c1cccc(OCC2CCN(Cc3ccccc3)CC2)n1. The molecule has 0 bridgehead atoms. The molecule has 1 aromatic heterocycles. The lowest BCUT2D eigenvalue weighted by atomic mass is 9.97. The topological polar surface area (TPSA) is 75.0 Å². The van der Waals surface area contributed by atoms with Crippen LogP contribution in [0.15, 0.2) is 53.7 Å². The summed E-state index contributed by atoms with van der Waals surface area (Å²) in [4.78, 5) is 18.3. The van der Waals surface area contributed by atoms with E-state index in [4.69, 9.17) is 9.94 Å². The van der Waals surface area contributed by atoms with E-state index in [0.29, 0.717) is 18.4 Å². The molecular weight excluding hydrogens is 366 g/mol. The highest BCUT2D eigenvalue weighted by molar-refractivity contribution is 6.34. The monoisotopic (exact) mass is 389 g/mol. The van der Waals surface area contributed by atoms with E-state index in [2.05, 4.69) is 39.3 Å². The number of ketones is 1. The van der Waals surface area contributed by atoms with Crippen LogP contribution in [0.3, 0.4) is 0 Å². The number of ether oxygens (including phenoxy) is 1. The highest BCUT2D eigenvalue weighted by Gasteiger charge is 2.20. The number of pyridine rings is 1. The van der Waals surface area contributed by atoms with Crippen molar-refractivity contribution in [2.24, 2.45) is 11.1 Å². The van der Waals surface area contributed by atoms with Crippen molar-refractivity contribution in [1.82, 2.24) is 9.88 Å². The van der Waals surface area contributed by atoms with Crippen LogP contribution >= 0.6 is 12.4 Å². The minimum Gasteiger partial charge on any atom is -0.477 e. The van der Waals surface area contributed by atoms with Gasteiger partial charge >= 0.3 is 0 Å². The molecule has 0 unspecified atom stereocenters. The van der Waals surface area contributed by atoms with Crippen molar-refractivity contribution in [1.29, 1.82) is 0 Å². The third-order valence-electron chi connectivity index (χ3n) is 4.57. The second-order valence-corrected chi connectivity index (χ2v) is 6.49. The summed E-state index contributed by atoms with van der Waals surface area (Å²) >= 11 is 0. The van der Waals surface area contributed by atoms with Gasteiger partial charge in [0.15, 0.2) is 0 Å². The van der Waals surface area contributed by atoms with Crippen LogP contribution in [0.1, 0.15) is 28.9 Å². The summed E-state index contributed by atoms with van der Waals surface area (Å²) in [7, 11) is 0. The molecule has 0 spiro atoms. The van der Waals surface area contributed by atoms with Crippen LogP contribution in [0.25, 0.3) is 0 Å². The molecule has 144 valence electrons. The number of aromatic nitrogens is 1. The molecule has 0 aliphatic carbocycles. The Labute approximate surface area is 165 Å². The molecule has 2 aromatic rings. The number of nitrogens with zero attached hydrogens (tertiary/aromatic N) is 3. The van der Waals surface area contributed by atoms with E-state index in [1.165, 1.54) is 5.56 Å². The summed E-state index contributed by atoms with van der Waals surface area (Å²) in [6.07, 6.45) is 3.00. The van der Waals surface area contributed by atoms with Crippen molar-refractivity contribution in [3.05, 3.63) is 59.8 Å². The standard InChI is InChI=1S/C20H23N3O3.ClH/c24-19(13-21-25)18-7-4-8-20(22-18)26-15-17-9-11-23(12-10-17)14-16-5-2-1-3-6-16;/h1-8,13,17,25H,9-12,14-15H2;1H/b21-13+;. The number of halogens is 1. The van der Waals surface area contributed by atoms with Crippen molar-refractivity contribution in [3.63, 3.8) is 0 Å². The fourth-order valence-electron chi connectivity index (χ4n) is 3.11. The fraction of sp³-hybridized carbons (Fsp3) is 0.350. The van der Waals surface area contributed by atoms with E-state index >= 15 is 0 Å². The van der Waals surface area contributed by atoms with Crippen LogP contribution in [0.5, 0.6) is 5.88 Å². The third-order valence-corrected chi connectivity index (χ3v) is 4.57. The van der Waals surface area contributed by atoms with Gasteiger partial charge in [-0.25, -0.2) is 4.98 Å². The zero-order valence-electron chi connectivity index (χ0n) is 15.0. The first kappa shape index (κ1) is 20.9. The highest BCUT2D eigenvalue weighted by atomic mass is 35.5. The lowest BCUT2D eigenvalue weighted by Gasteiger charge is -2.31. The lowest BCUT2D eigenvalue weighted by molar-refractivity contribution is 0.106. The molecule has 1 aromatic carbocycles. The maximum absolute atomic E-state index is 11.7. The normalized spacial score (nSPS) is 15.4. The van der Waals surface area contributed by atoms with E-state index in [-0.39, 0.29) is 18.1 Å². The van der Waals surface area contributed by atoms with E-state index in [1.54, 1.807) is 18.2 Å². The molecule has 3 rings (SSSR count). The fourth-order valence-corrected chi connectivity index (χ4v) is 3.11. The van der Waals surface area contributed by atoms with Crippen LogP contribution in [-0.2, 0) is 6.54 Å². The van der Waals surface area contributed by atoms with Gasteiger partial charge in [0, 0.05) is 12.6 Å². The molecule has 1 N–H and O–H groups in total. The van der Waals surface area contributed by atoms with Crippen molar-refractivity contribution in [2.75, 3.05) is 19.7 Å². The quantitative estimate of drug-likeness (QED) is 0.340. The van der Waals surface area contributed by atoms with Gasteiger partial charge in [0.1, 0.15) is 11.9 Å². The molecule has 1 aliphatic rings. The molecule has 0 radical (unpaired) electrons. The Bertz CT molecular complexity index is 747. The third kappa shape index (κ3) is 6.34. The number of likely N-dealkylation sites (tertiary alicyclic amines) is 1. The van der Waals surface area contributed by atoms with Gasteiger partial charge in [0.25, 0.3) is 0 Å². The Balaban J connectivity index is 0.00000261. The Hall–Kier alpha value is -2.44. The molecule has 1 saturated heterocycles. The summed E-state index contributed by atoms with van der Waals surface area (Å²) in [5, 5.41) is 11.2. The van der Waals surface area contributed by atoms with Crippen LogP contribution in [0.2, 0.25) is 0 Å². The Kier molecular flexibility index (Phi) is 8.23. The van der Waals surface area contributed by atoms with Crippen LogP contribution in [-0.4, -0.2) is 46.8 Å². The van der Waals surface area contributed by atoms with E-state index in [1.807, 2.05) is 6.07 Å². The molecule has 0 saturated carbocycles. The van der Waals surface area contributed by atoms with Gasteiger partial charge in [-0.3, -0.25) is 9.69 Å². The largest absolute Gasteiger partial charge is 0.477 e. The average Bonchev–Trinajstić information content (AvgIpc) is 2.69. The highest BCUT2D eigenvalue weighted by Crippen LogP contribution is 2.20. The molecule has 27 heavy (non-hydrogen) atoms. The van der Waals surface area contributed by atoms with Crippen molar-refractivity contribution >= 4 is 24.4 Å².